The van der Waals surface area contributed by atoms with Crippen LogP contribution in [0.1, 0.15) is 26.2 Å². The molecule has 3 heteroatoms. The van der Waals surface area contributed by atoms with Gasteiger partial charge in [0.05, 0.1) is 0 Å². The molecule has 0 atom stereocenters. The standard InChI is InChI=1S/C24H26O2Si/c1-2-12-21(25)19-20-26-27(22-13-6-3-7-14-22,23-15-8-4-9-16-23)24-17-10-5-11-18-24/h3-11,13-18H,2,12,19-20H2,1H3. The van der Waals surface area contributed by atoms with Gasteiger partial charge in [0.15, 0.2) is 0 Å². The lowest BCUT2D eigenvalue weighted by Gasteiger charge is -2.33. The van der Waals surface area contributed by atoms with Gasteiger partial charge in [0.2, 0.25) is 0 Å². The van der Waals surface area contributed by atoms with E-state index in [4.69, 9.17) is 4.43 Å². The van der Waals surface area contributed by atoms with E-state index in [0.717, 1.165) is 6.42 Å². The van der Waals surface area contributed by atoms with Crippen LogP contribution in [0.4, 0.5) is 0 Å². The molecule has 0 aliphatic rings. The van der Waals surface area contributed by atoms with E-state index >= 15 is 0 Å². The van der Waals surface area contributed by atoms with Gasteiger partial charge < -0.3 is 4.43 Å². The van der Waals surface area contributed by atoms with Crippen molar-refractivity contribution in [2.24, 2.45) is 0 Å². The average Bonchev–Trinajstić information content (AvgIpc) is 2.73. The van der Waals surface area contributed by atoms with Gasteiger partial charge in [-0.25, -0.2) is 0 Å². The van der Waals surface area contributed by atoms with Gasteiger partial charge in [-0.3, -0.25) is 4.79 Å². The van der Waals surface area contributed by atoms with Crippen LogP contribution < -0.4 is 15.6 Å². The van der Waals surface area contributed by atoms with Crippen molar-refractivity contribution in [1.29, 1.82) is 0 Å². The van der Waals surface area contributed by atoms with Gasteiger partial charge in [0.1, 0.15) is 5.78 Å². The summed E-state index contributed by atoms with van der Waals surface area (Å²) in [7, 11) is -2.67. The Morgan fingerprint density at radius 1 is 0.704 bits per heavy atom. The second-order valence-corrected chi connectivity index (χ2v) is 10.0. The van der Waals surface area contributed by atoms with E-state index in [1.165, 1.54) is 15.6 Å². The summed E-state index contributed by atoms with van der Waals surface area (Å²) in [5.74, 6) is 0.273. The molecule has 0 heterocycles. The Kier molecular flexibility index (Phi) is 6.74. The molecule has 0 fully saturated rings. The molecule has 0 amide bonds. The third kappa shape index (κ3) is 4.44. The van der Waals surface area contributed by atoms with Crippen LogP contribution in [0.2, 0.25) is 0 Å². The molecule has 0 saturated carbocycles. The molecule has 0 aromatic heterocycles. The van der Waals surface area contributed by atoms with Gasteiger partial charge in [-0.05, 0) is 22.0 Å². The summed E-state index contributed by atoms with van der Waals surface area (Å²) in [6, 6.07) is 31.4. The van der Waals surface area contributed by atoms with Crippen LogP contribution in [0.3, 0.4) is 0 Å². The van der Waals surface area contributed by atoms with Crippen LogP contribution in [0, 0.1) is 0 Å². The number of hydrogen-bond acceptors (Lipinski definition) is 2. The number of carbonyl (C=O) groups excluding carboxylic acids is 1. The number of hydrogen-bond donors (Lipinski definition) is 0. The molecule has 0 aliphatic heterocycles. The third-order valence-corrected chi connectivity index (χ3v) is 8.85. The van der Waals surface area contributed by atoms with Crippen LogP contribution in [-0.2, 0) is 9.22 Å². The van der Waals surface area contributed by atoms with E-state index in [-0.39, 0.29) is 5.78 Å². The Bertz CT molecular complexity index is 735. The molecular formula is C24H26O2Si. The molecule has 0 radical (unpaired) electrons. The fraction of sp³-hybridized carbons (Fsp3) is 0.208. The monoisotopic (exact) mass is 374 g/mol. The third-order valence-electron chi connectivity index (χ3n) is 4.77. The lowest BCUT2D eigenvalue weighted by Crippen LogP contribution is -2.69. The number of carbonyl (C=O) groups is 1. The zero-order valence-electron chi connectivity index (χ0n) is 15.8. The van der Waals surface area contributed by atoms with Crippen LogP contribution in [0.15, 0.2) is 91.0 Å². The predicted octanol–water partition coefficient (Wildman–Crippen LogP) is 3.43. The molecule has 3 aromatic rings. The highest BCUT2D eigenvalue weighted by molar-refractivity contribution is 7.07. The second-order valence-electron chi connectivity index (χ2n) is 6.67. The quantitative estimate of drug-likeness (QED) is 0.424. The minimum atomic E-state index is -2.67. The van der Waals surface area contributed by atoms with Gasteiger partial charge in [-0.1, -0.05) is 97.9 Å². The first-order valence-corrected chi connectivity index (χ1v) is 11.5. The van der Waals surface area contributed by atoms with Crippen molar-refractivity contribution in [3.8, 4) is 0 Å². The lowest BCUT2D eigenvalue weighted by molar-refractivity contribution is -0.119. The maximum absolute atomic E-state index is 12.1. The van der Waals surface area contributed by atoms with E-state index in [9.17, 15) is 4.79 Å². The Hall–Kier alpha value is -2.49. The minimum Gasteiger partial charge on any atom is -0.404 e. The van der Waals surface area contributed by atoms with Gasteiger partial charge in [-0.2, -0.15) is 0 Å². The van der Waals surface area contributed by atoms with Crippen molar-refractivity contribution in [3.05, 3.63) is 91.0 Å². The number of Topliss-reactive ketones (excluding diaryl/α,β-unsaturated/α-hetero) is 1. The number of benzene rings is 3. The van der Waals surface area contributed by atoms with E-state index in [1.54, 1.807) is 0 Å². The maximum atomic E-state index is 12.1. The van der Waals surface area contributed by atoms with E-state index < -0.39 is 8.32 Å². The molecule has 3 rings (SSSR count). The summed E-state index contributed by atoms with van der Waals surface area (Å²) >= 11 is 0. The summed E-state index contributed by atoms with van der Waals surface area (Å²) in [4.78, 5) is 12.1. The number of rotatable bonds is 9. The fourth-order valence-corrected chi connectivity index (χ4v) is 7.38. The zero-order valence-corrected chi connectivity index (χ0v) is 16.8. The van der Waals surface area contributed by atoms with Crippen LogP contribution in [0.5, 0.6) is 0 Å². The molecule has 0 N–H and O–H groups in total. The highest BCUT2D eigenvalue weighted by Gasteiger charge is 2.41. The molecule has 138 valence electrons. The Morgan fingerprint density at radius 2 is 1.11 bits per heavy atom. The van der Waals surface area contributed by atoms with Crippen molar-refractivity contribution in [2.45, 2.75) is 26.2 Å². The number of ketones is 1. The Balaban J connectivity index is 2.07. The Labute approximate surface area is 163 Å². The second kappa shape index (κ2) is 9.44. The Morgan fingerprint density at radius 3 is 1.48 bits per heavy atom. The maximum Gasteiger partial charge on any atom is 0.288 e. The summed E-state index contributed by atoms with van der Waals surface area (Å²) < 4.78 is 6.72. The summed E-state index contributed by atoms with van der Waals surface area (Å²) in [5, 5.41) is 3.60. The van der Waals surface area contributed by atoms with Crippen molar-refractivity contribution in [1.82, 2.24) is 0 Å². The molecule has 0 aliphatic carbocycles. The van der Waals surface area contributed by atoms with E-state index in [1.807, 2.05) is 25.1 Å². The molecule has 3 aromatic carbocycles. The van der Waals surface area contributed by atoms with Crippen LogP contribution in [0.25, 0.3) is 0 Å². The average molecular weight is 375 g/mol. The molecule has 2 nitrogen and oxygen atoms in total. The first-order valence-electron chi connectivity index (χ1n) is 9.59. The highest BCUT2D eigenvalue weighted by atomic mass is 28.4. The van der Waals surface area contributed by atoms with Crippen molar-refractivity contribution in [2.75, 3.05) is 6.61 Å². The molecular weight excluding hydrogens is 348 g/mol. The van der Waals surface area contributed by atoms with E-state index in [0.29, 0.717) is 19.4 Å². The van der Waals surface area contributed by atoms with Crippen molar-refractivity contribution >= 4 is 29.7 Å². The zero-order chi connectivity index (χ0) is 19.0. The van der Waals surface area contributed by atoms with Gasteiger partial charge in [-0.15, -0.1) is 0 Å². The van der Waals surface area contributed by atoms with Gasteiger partial charge >= 0.3 is 0 Å². The van der Waals surface area contributed by atoms with Crippen LogP contribution in [-0.4, -0.2) is 20.7 Å². The smallest absolute Gasteiger partial charge is 0.288 e. The highest BCUT2D eigenvalue weighted by Crippen LogP contribution is 2.11. The predicted molar refractivity (Wildman–Crippen MR) is 114 cm³/mol. The van der Waals surface area contributed by atoms with Crippen molar-refractivity contribution in [3.63, 3.8) is 0 Å². The fourth-order valence-electron chi connectivity index (χ4n) is 3.49. The summed E-state index contributed by atoms with van der Waals surface area (Å²) in [6.45, 7) is 2.49. The molecule has 0 bridgehead atoms. The minimum absolute atomic E-state index is 0.273. The largest absolute Gasteiger partial charge is 0.404 e. The first-order chi connectivity index (χ1) is 13.3. The molecule has 0 saturated heterocycles. The molecule has 0 spiro atoms. The van der Waals surface area contributed by atoms with E-state index in [2.05, 4.69) is 72.8 Å². The molecule has 0 unspecified atom stereocenters. The summed E-state index contributed by atoms with van der Waals surface area (Å²) in [5.41, 5.74) is 0. The lowest BCUT2D eigenvalue weighted by atomic mass is 10.2. The summed E-state index contributed by atoms with van der Waals surface area (Å²) in [6.07, 6.45) is 1.98. The topological polar surface area (TPSA) is 26.3 Å². The normalized spacial score (nSPS) is 11.3. The van der Waals surface area contributed by atoms with Crippen molar-refractivity contribution < 1.29 is 9.22 Å². The van der Waals surface area contributed by atoms with Gasteiger partial charge in [0.25, 0.3) is 8.32 Å². The first kappa shape index (κ1) is 19.3. The van der Waals surface area contributed by atoms with Gasteiger partial charge in [0, 0.05) is 19.4 Å². The molecule has 27 heavy (non-hydrogen) atoms. The SMILES string of the molecule is CCCC(=O)CCO[Si](c1ccccc1)(c1ccccc1)c1ccccc1. The van der Waals surface area contributed by atoms with Crippen LogP contribution >= 0.6 is 0 Å².